The normalized spacial score (nSPS) is 23.9. The van der Waals surface area contributed by atoms with E-state index < -0.39 is 39.1 Å². The molecule has 2 amide bonds. The highest BCUT2D eigenvalue weighted by Gasteiger charge is 2.38. The Balaban J connectivity index is 1.68. The monoisotopic (exact) mass is 404 g/mol. The third-order valence-corrected chi connectivity index (χ3v) is 7.29. The van der Waals surface area contributed by atoms with Crippen molar-refractivity contribution in [2.24, 2.45) is 0 Å². The second-order valence-electron chi connectivity index (χ2n) is 7.49. The smallest absolute Gasteiger partial charge is 0.337 e. The van der Waals surface area contributed by atoms with E-state index in [1.165, 1.54) is 12.1 Å². The molecule has 2 aliphatic rings. The fourth-order valence-corrected chi connectivity index (χ4v) is 5.71. The lowest BCUT2D eigenvalue weighted by molar-refractivity contribution is -0.137. The maximum Gasteiger partial charge on any atom is 0.416 e. The van der Waals surface area contributed by atoms with Gasteiger partial charge < -0.3 is 10.6 Å². The number of sulfone groups is 1. The summed E-state index contributed by atoms with van der Waals surface area (Å²) in [4.78, 5) is 12.2. The summed E-state index contributed by atoms with van der Waals surface area (Å²) in [6.07, 6.45) is -0.845. The number of amides is 2. The summed E-state index contributed by atoms with van der Waals surface area (Å²) in [7, 11) is -3.09. The zero-order valence-electron chi connectivity index (χ0n) is 14.8. The van der Waals surface area contributed by atoms with Crippen LogP contribution in [0.15, 0.2) is 24.3 Å². The zero-order valence-corrected chi connectivity index (χ0v) is 15.6. The Kier molecular flexibility index (Phi) is 5.42. The van der Waals surface area contributed by atoms with Crippen LogP contribution in [0.1, 0.15) is 43.2 Å². The predicted molar refractivity (Wildman–Crippen MR) is 95.2 cm³/mol. The molecule has 2 N–H and O–H groups in total. The molecule has 5 nitrogen and oxygen atoms in total. The van der Waals surface area contributed by atoms with Crippen LogP contribution in [-0.4, -0.2) is 38.5 Å². The van der Waals surface area contributed by atoms with E-state index in [9.17, 15) is 26.4 Å². The van der Waals surface area contributed by atoms with Gasteiger partial charge in [-0.15, -0.1) is 0 Å². The number of rotatable bonds is 4. The number of urea groups is 1. The Hall–Kier alpha value is -1.77. The third kappa shape index (κ3) is 4.75. The Bertz CT molecular complexity index is 802. The molecule has 1 aromatic carbocycles. The average Bonchev–Trinajstić information content (AvgIpc) is 3.20. The van der Waals surface area contributed by atoms with Crippen molar-refractivity contribution >= 4 is 15.9 Å². The summed E-state index contributed by atoms with van der Waals surface area (Å²) in [5, 5.41) is 5.40. The fourth-order valence-electron chi connectivity index (χ4n) is 4.04. The van der Waals surface area contributed by atoms with Gasteiger partial charge in [-0.3, -0.25) is 0 Å². The summed E-state index contributed by atoms with van der Waals surface area (Å²) in [6, 6.07) is 4.42. The van der Waals surface area contributed by atoms with Crippen molar-refractivity contribution in [3.8, 4) is 0 Å². The summed E-state index contributed by atoms with van der Waals surface area (Å²) in [5.41, 5.74) is -0.633. The standard InChI is InChI=1S/C18H23F3N2O3S/c19-18(20,21)14-5-3-4-13(10-14)17(7-1-2-8-17)12-22-16(24)23-15-6-9-27(25,26)11-15/h3-5,10,15H,1-2,6-9,11-12H2,(H2,22,23,24). The molecular weight excluding hydrogens is 381 g/mol. The number of hydrogen-bond acceptors (Lipinski definition) is 3. The quantitative estimate of drug-likeness (QED) is 0.810. The first-order chi connectivity index (χ1) is 12.6. The summed E-state index contributed by atoms with van der Waals surface area (Å²) in [5.74, 6) is -0.00862. The SMILES string of the molecule is O=C(NCC1(c2cccc(C(F)(F)F)c2)CCCC1)NC1CCS(=O)(=O)C1. The topological polar surface area (TPSA) is 75.3 Å². The minimum absolute atomic E-state index is 0.0616. The molecule has 1 aliphatic heterocycles. The second-order valence-corrected chi connectivity index (χ2v) is 9.72. The second kappa shape index (κ2) is 7.33. The van der Waals surface area contributed by atoms with E-state index in [-0.39, 0.29) is 18.1 Å². The van der Waals surface area contributed by atoms with E-state index >= 15 is 0 Å². The number of hydrogen-bond donors (Lipinski definition) is 2. The van der Waals surface area contributed by atoms with Crippen molar-refractivity contribution in [2.45, 2.75) is 49.7 Å². The molecule has 3 rings (SSSR count). The van der Waals surface area contributed by atoms with Crippen molar-refractivity contribution in [3.63, 3.8) is 0 Å². The van der Waals surface area contributed by atoms with Crippen LogP contribution in [0.2, 0.25) is 0 Å². The van der Waals surface area contributed by atoms with Crippen LogP contribution in [0, 0.1) is 0 Å². The van der Waals surface area contributed by atoms with Gasteiger partial charge in [0.25, 0.3) is 0 Å². The molecule has 0 aromatic heterocycles. The van der Waals surface area contributed by atoms with Crippen molar-refractivity contribution in [1.29, 1.82) is 0 Å². The lowest BCUT2D eigenvalue weighted by atomic mass is 9.78. The highest BCUT2D eigenvalue weighted by molar-refractivity contribution is 7.91. The van der Waals surface area contributed by atoms with E-state index in [0.29, 0.717) is 24.8 Å². The first kappa shape index (κ1) is 20.0. The lowest BCUT2D eigenvalue weighted by Crippen LogP contribution is -2.47. The third-order valence-electron chi connectivity index (χ3n) is 5.52. The van der Waals surface area contributed by atoms with E-state index in [1.54, 1.807) is 6.07 Å². The first-order valence-corrected chi connectivity index (χ1v) is 10.8. The Labute approximate surface area is 156 Å². The molecule has 2 fully saturated rings. The van der Waals surface area contributed by atoms with E-state index in [0.717, 1.165) is 18.9 Å². The molecule has 1 aromatic rings. The van der Waals surface area contributed by atoms with Gasteiger partial charge in [-0.2, -0.15) is 13.2 Å². The number of benzene rings is 1. The molecule has 1 unspecified atom stereocenters. The molecule has 1 heterocycles. The number of halogens is 3. The van der Waals surface area contributed by atoms with E-state index in [1.807, 2.05) is 0 Å². The number of carbonyl (C=O) groups excluding carboxylic acids is 1. The maximum absolute atomic E-state index is 13.1. The van der Waals surface area contributed by atoms with Gasteiger partial charge >= 0.3 is 12.2 Å². The van der Waals surface area contributed by atoms with Gasteiger partial charge in [-0.1, -0.05) is 31.0 Å². The van der Waals surface area contributed by atoms with Crippen molar-refractivity contribution in [3.05, 3.63) is 35.4 Å². The van der Waals surface area contributed by atoms with Gasteiger partial charge in [-0.05, 0) is 30.9 Å². The van der Waals surface area contributed by atoms with Crippen molar-refractivity contribution in [2.75, 3.05) is 18.1 Å². The Morgan fingerprint density at radius 3 is 2.52 bits per heavy atom. The van der Waals surface area contributed by atoms with Crippen LogP contribution < -0.4 is 10.6 Å². The molecule has 1 atom stereocenters. The summed E-state index contributed by atoms with van der Waals surface area (Å²) >= 11 is 0. The summed E-state index contributed by atoms with van der Waals surface area (Å²) < 4.78 is 62.1. The van der Waals surface area contributed by atoms with Gasteiger partial charge in [-0.25, -0.2) is 13.2 Å². The van der Waals surface area contributed by atoms with Gasteiger partial charge in [0.2, 0.25) is 0 Å². The molecule has 0 bridgehead atoms. The zero-order chi connectivity index (χ0) is 19.7. The molecule has 0 radical (unpaired) electrons. The number of carbonyl (C=O) groups is 1. The Morgan fingerprint density at radius 1 is 1.22 bits per heavy atom. The molecule has 0 spiro atoms. The molecule has 27 heavy (non-hydrogen) atoms. The average molecular weight is 404 g/mol. The van der Waals surface area contributed by atoms with Gasteiger partial charge in [0.1, 0.15) is 0 Å². The predicted octanol–water partition coefficient (Wildman–Crippen LogP) is 3.00. The van der Waals surface area contributed by atoms with Crippen LogP contribution in [-0.2, 0) is 21.4 Å². The maximum atomic E-state index is 13.1. The van der Waals surface area contributed by atoms with Crippen LogP contribution >= 0.6 is 0 Å². The molecular formula is C18H23F3N2O3S. The molecule has 9 heteroatoms. The molecule has 1 saturated heterocycles. The highest BCUT2D eigenvalue weighted by Crippen LogP contribution is 2.42. The van der Waals surface area contributed by atoms with Gasteiger partial charge in [0, 0.05) is 18.0 Å². The fraction of sp³-hybridized carbons (Fsp3) is 0.611. The lowest BCUT2D eigenvalue weighted by Gasteiger charge is -2.31. The Morgan fingerprint density at radius 2 is 1.93 bits per heavy atom. The van der Waals surface area contributed by atoms with Crippen LogP contribution in [0.25, 0.3) is 0 Å². The molecule has 1 aliphatic carbocycles. The van der Waals surface area contributed by atoms with E-state index in [4.69, 9.17) is 0 Å². The van der Waals surface area contributed by atoms with Gasteiger partial charge in [0.15, 0.2) is 9.84 Å². The van der Waals surface area contributed by atoms with Crippen LogP contribution in [0.5, 0.6) is 0 Å². The number of alkyl halides is 3. The minimum Gasteiger partial charge on any atom is -0.337 e. The van der Waals surface area contributed by atoms with Crippen molar-refractivity contribution in [1.82, 2.24) is 10.6 Å². The van der Waals surface area contributed by atoms with Crippen molar-refractivity contribution < 1.29 is 26.4 Å². The first-order valence-electron chi connectivity index (χ1n) is 9.02. The number of nitrogens with one attached hydrogen (secondary N) is 2. The largest absolute Gasteiger partial charge is 0.416 e. The van der Waals surface area contributed by atoms with Crippen LogP contribution in [0.4, 0.5) is 18.0 Å². The molecule has 150 valence electrons. The molecule has 1 saturated carbocycles. The highest BCUT2D eigenvalue weighted by atomic mass is 32.2. The van der Waals surface area contributed by atoms with Gasteiger partial charge in [0.05, 0.1) is 17.1 Å². The summed E-state index contributed by atoms with van der Waals surface area (Å²) in [6.45, 7) is 0.222. The van der Waals surface area contributed by atoms with Crippen LogP contribution in [0.3, 0.4) is 0 Å². The minimum atomic E-state index is -4.41. The van der Waals surface area contributed by atoms with E-state index in [2.05, 4.69) is 10.6 Å².